The summed E-state index contributed by atoms with van der Waals surface area (Å²) in [5.74, 6) is 0.263. The van der Waals surface area contributed by atoms with Crippen molar-refractivity contribution in [2.45, 2.75) is 36.8 Å². The van der Waals surface area contributed by atoms with Crippen LogP contribution in [0.25, 0.3) is 0 Å². The highest BCUT2D eigenvalue weighted by molar-refractivity contribution is 7.99. The van der Waals surface area contributed by atoms with Gasteiger partial charge in [-0.25, -0.2) is 4.79 Å². The Labute approximate surface area is 197 Å². The Morgan fingerprint density at radius 2 is 1.70 bits per heavy atom. The molecule has 0 aromatic heterocycles. The fourth-order valence-corrected chi connectivity index (χ4v) is 5.57. The van der Waals surface area contributed by atoms with Crippen molar-refractivity contribution in [3.63, 3.8) is 0 Å². The molecule has 2 aliphatic rings. The molecule has 2 heterocycles. The van der Waals surface area contributed by atoms with Crippen LogP contribution in [0.1, 0.15) is 24.0 Å². The molecule has 2 atom stereocenters. The normalized spacial score (nSPS) is 20.7. The summed E-state index contributed by atoms with van der Waals surface area (Å²) < 4.78 is 0. The molecule has 8 heteroatoms. The van der Waals surface area contributed by atoms with Gasteiger partial charge in [0, 0.05) is 31.1 Å². The predicted octanol–water partition coefficient (Wildman–Crippen LogP) is 2.02. The van der Waals surface area contributed by atoms with E-state index in [9.17, 15) is 19.5 Å². The first-order valence-electron chi connectivity index (χ1n) is 11.2. The molecule has 2 aromatic rings. The van der Waals surface area contributed by atoms with E-state index < -0.39 is 17.4 Å². The molecule has 3 N–H and O–H groups in total. The molecule has 33 heavy (non-hydrogen) atoms. The highest BCUT2D eigenvalue weighted by Crippen LogP contribution is 2.36. The predicted molar refractivity (Wildman–Crippen MR) is 128 cm³/mol. The number of likely N-dealkylation sites (tertiary alicyclic amines) is 1. The van der Waals surface area contributed by atoms with Crippen LogP contribution >= 0.6 is 11.8 Å². The van der Waals surface area contributed by atoms with Crippen molar-refractivity contribution >= 4 is 29.5 Å². The smallest absolute Gasteiger partial charge is 0.326 e. The maximum absolute atomic E-state index is 13.7. The van der Waals surface area contributed by atoms with E-state index in [0.717, 1.165) is 22.8 Å². The van der Waals surface area contributed by atoms with Crippen molar-refractivity contribution in [2.75, 3.05) is 24.7 Å². The van der Waals surface area contributed by atoms with E-state index in [0.29, 0.717) is 25.9 Å². The number of benzene rings is 2. The van der Waals surface area contributed by atoms with Crippen LogP contribution in [0.15, 0.2) is 60.7 Å². The molecule has 0 saturated carbocycles. The highest BCUT2D eigenvalue weighted by Gasteiger charge is 2.45. The van der Waals surface area contributed by atoms with Crippen molar-refractivity contribution in [3.8, 4) is 0 Å². The van der Waals surface area contributed by atoms with Gasteiger partial charge in [0.2, 0.25) is 11.8 Å². The second kappa shape index (κ2) is 10.4. The number of amides is 2. The Kier molecular flexibility index (Phi) is 7.35. The molecule has 0 aliphatic carbocycles. The number of nitrogens with one attached hydrogen (secondary N) is 2. The Bertz CT molecular complexity index is 972. The minimum Gasteiger partial charge on any atom is -0.480 e. The first-order chi connectivity index (χ1) is 16.0. The van der Waals surface area contributed by atoms with E-state index in [1.54, 1.807) is 11.8 Å². The van der Waals surface area contributed by atoms with Gasteiger partial charge in [-0.15, -0.1) is 11.8 Å². The average molecular weight is 468 g/mol. The van der Waals surface area contributed by atoms with Gasteiger partial charge in [0.1, 0.15) is 6.04 Å². The summed E-state index contributed by atoms with van der Waals surface area (Å²) in [6.45, 7) is 0.917. The Morgan fingerprint density at radius 3 is 2.27 bits per heavy atom. The third-order valence-electron chi connectivity index (χ3n) is 6.59. The Hall–Kier alpha value is -2.84. The first-order valence-corrected chi connectivity index (χ1v) is 12.4. The maximum atomic E-state index is 13.7. The topological polar surface area (TPSA) is 98.7 Å². The van der Waals surface area contributed by atoms with Crippen LogP contribution in [-0.4, -0.2) is 64.6 Å². The van der Waals surface area contributed by atoms with Gasteiger partial charge in [0.05, 0.1) is 11.5 Å². The lowest BCUT2D eigenvalue weighted by Crippen LogP contribution is -2.57. The molecule has 2 amide bonds. The second-order valence-corrected chi connectivity index (χ2v) is 9.63. The Morgan fingerprint density at radius 1 is 1.06 bits per heavy atom. The lowest BCUT2D eigenvalue weighted by molar-refractivity contribution is -0.143. The SMILES string of the molecule is O=C(O)C(Cc1ccccc1)NC(=O)C1(c2ccccc2)CCN(C(=O)C2CSCN2)CC1. The zero-order valence-corrected chi connectivity index (χ0v) is 19.2. The standard InChI is InChI=1S/C25H29N3O4S/c29-22(21-16-33-17-26-21)28-13-11-25(12-14-28,19-9-5-2-6-10-19)24(32)27-20(23(30)31)15-18-7-3-1-4-8-18/h1-10,20-21,26H,11-17H2,(H,27,32)(H,30,31). The van der Waals surface area contributed by atoms with Gasteiger partial charge in [-0.1, -0.05) is 60.7 Å². The minimum atomic E-state index is -1.06. The van der Waals surface area contributed by atoms with Crippen molar-refractivity contribution in [3.05, 3.63) is 71.8 Å². The molecule has 0 radical (unpaired) electrons. The molecular weight excluding hydrogens is 438 g/mol. The van der Waals surface area contributed by atoms with Crippen LogP contribution in [0.2, 0.25) is 0 Å². The fourth-order valence-electron chi connectivity index (χ4n) is 4.63. The van der Waals surface area contributed by atoms with Crippen molar-refractivity contribution in [1.82, 2.24) is 15.5 Å². The van der Waals surface area contributed by atoms with E-state index >= 15 is 0 Å². The third kappa shape index (κ3) is 5.23. The number of carboxylic acid groups (broad SMARTS) is 1. The van der Waals surface area contributed by atoms with Crippen molar-refractivity contribution in [1.29, 1.82) is 0 Å². The van der Waals surface area contributed by atoms with Gasteiger partial charge in [-0.05, 0) is 24.0 Å². The number of carboxylic acids is 1. The summed E-state index contributed by atoms with van der Waals surface area (Å²) in [6.07, 6.45) is 1.11. The van der Waals surface area contributed by atoms with Crippen LogP contribution in [0.4, 0.5) is 0 Å². The van der Waals surface area contributed by atoms with E-state index in [2.05, 4.69) is 10.6 Å². The molecule has 0 bridgehead atoms. The van der Waals surface area contributed by atoms with Crippen LogP contribution in [-0.2, 0) is 26.2 Å². The average Bonchev–Trinajstić information content (AvgIpc) is 3.39. The monoisotopic (exact) mass is 467 g/mol. The molecule has 2 aromatic carbocycles. The van der Waals surface area contributed by atoms with E-state index in [1.165, 1.54) is 0 Å². The summed E-state index contributed by atoms with van der Waals surface area (Å²) in [6, 6.07) is 17.6. The van der Waals surface area contributed by atoms with Gasteiger partial charge >= 0.3 is 5.97 Å². The maximum Gasteiger partial charge on any atom is 0.326 e. The van der Waals surface area contributed by atoms with Crippen molar-refractivity contribution < 1.29 is 19.5 Å². The molecule has 2 fully saturated rings. The molecule has 7 nitrogen and oxygen atoms in total. The lowest BCUT2D eigenvalue weighted by Gasteiger charge is -2.42. The molecule has 4 rings (SSSR count). The number of aliphatic carboxylic acids is 1. The van der Waals surface area contributed by atoms with E-state index in [1.807, 2.05) is 65.6 Å². The number of carbonyl (C=O) groups excluding carboxylic acids is 2. The van der Waals surface area contributed by atoms with Crippen LogP contribution in [0, 0.1) is 0 Å². The highest BCUT2D eigenvalue weighted by atomic mass is 32.2. The van der Waals surface area contributed by atoms with Gasteiger partial charge in [-0.3, -0.25) is 14.9 Å². The van der Waals surface area contributed by atoms with Gasteiger partial charge in [0.25, 0.3) is 0 Å². The van der Waals surface area contributed by atoms with Gasteiger partial charge < -0.3 is 15.3 Å². The summed E-state index contributed by atoms with van der Waals surface area (Å²) in [7, 11) is 0. The number of piperidine rings is 1. The zero-order valence-electron chi connectivity index (χ0n) is 18.4. The Balaban J connectivity index is 1.52. The summed E-state index contributed by atoms with van der Waals surface area (Å²) in [4.78, 5) is 40.3. The molecule has 174 valence electrons. The molecule has 2 saturated heterocycles. The number of thioether (sulfide) groups is 1. The van der Waals surface area contributed by atoms with E-state index in [4.69, 9.17) is 0 Å². The van der Waals surface area contributed by atoms with Gasteiger partial charge in [-0.2, -0.15) is 0 Å². The summed E-state index contributed by atoms with van der Waals surface area (Å²) in [5, 5.41) is 15.8. The molecule has 2 unspecified atom stereocenters. The van der Waals surface area contributed by atoms with Crippen LogP contribution in [0.3, 0.4) is 0 Å². The zero-order chi connectivity index (χ0) is 23.3. The largest absolute Gasteiger partial charge is 0.480 e. The third-order valence-corrected chi connectivity index (χ3v) is 7.53. The quantitative estimate of drug-likeness (QED) is 0.576. The van der Waals surface area contributed by atoms with E-state index in [-0.39, 0.29) is 24.3 Å². The summed E-state index contributed by atoms with van der Waals surface area (Å²) in [5.41, 5.74) is 0.828. The second-order valence-electron chi connectivity index (χ2n) is 8.60. The number of hydrogen-bond acceptors (Lipinski definition) is 5. The summed E-state index contributed by atoms with van der Waals surface area (Å²) >= 11 is 1.71. The number of rotatable bonds is 7. The minimum absolute atomic E-state index is 0.0783. The first kappa shape index (κ1) is 23.3. The van der Waals surface area contributed by atoms with Crippen LogP contribution < -0.4 is 10.6 Å². The number of nitrogens with zero attached hydrogens (tertiary/aromatic N) is 1. The van der Waals surface area contributed by atoms with Crippen LogP contribution in [0.5, 0.6) is 0 Å². The van der Waals surface area contributed by atoms with Crippen molar-refractivity contribution in [2.24, 2.45) is 0 Å². The molecular formula is C25H29N3O4S. The number of carbonyl (C=O) groups is 3. The fraction of sp³-hybridized carbons (Fsp3) is 0.400. The lowest BCUT2D eigenvalue weighted by atomic mass is 9.71. The molecule has 2 aliphatic heterocycles. The van der Waals surface area contributed by atoms with Gasteiger partial charge in [0.15, 0.2) is 0 Å². The number of hydrogen-bond donors (Lipinski definition) is 3. The molecule has 0 spiro atoms.